The molecule has 0 fully saturated rings. The van der Waals surface area contributed by atoms with Gasteiger partial charge >= 0.3 is 5.97 Å². The molecule has 0 aliphatic carbocycles. The number of hydrogen-bond donors (Lipinski definition) is 0. The van der Waals surface area contributed by atoms with Crippen LogP contribution in [0.15, 0.2) is 60.7 Å². The van der Waals surface area contributed by atoms with Gasteiger partial charge in [0.15, 0.2) is 8.32 Å². The summed E-state index contributed by atoms with van der Waals surface area (Å²) in [6, 6.07) is 17.3. The lowest BCUT2D eigenvalue weighted by molar-refractivity contribution is -0.144. The van der Waals surface area contributed by atoms with Crippen LogP contribution in [0.3, 0.4) is 0 Å². The Morgan fingerprint density at radius 1 is 1.03 bits per heavy atom. The summed E-state index contributed by atoms with van der Waals surface area (Å²) in [4.78, 5) is 12.8. The van der Waals surface area contributed by atoms with Crippen LogP contribution >= 0.6 is 11.6 Å². The maximum absolute atomic E-state index is 12.8. The van der Waals surface area contributed by atoms with Gasteiger partial charge in [-0.25, -0.2) is 0 Å². The Morgan fingerprint density at radius 3 is 2.14 bits per heavy atom. The molecule has 0 unspecified atom stereocenters. The Labute approximate surface area is 180 Å². The molecule has 0 aliphatic heterocycles. The third-order valence-corrected chi connectivity index (χ3v) is 10.3. The molecule has 5 heteroatoms. The van der Waals surface area contributed by atoms with Crippen molar-refractivity contribution < 1.29 is 14.0 Å². The molecule has 0 radical (unpaired) electrons. The van der Waals surface area contributed by atoms with E-state index in [-0.39, 0.29) is 11.0 Å². The van der Waals surface area contributed by atoms with Crippen molar-refractivity contribution in [3.05, 3.63) is 76.8 Å². The normalized spacial score (nSPS) is 14.6. The van der Waals surface area contributed by atoms with Gasteiger partial charge in [0.1, 0.15) is 5.92 Å². The summed E-state index contributed by atoms with van der Waals surface area (Å²) in [5, 5.41) is 0.631. The number of carbonyl (C=O) groups is 1. The highest BCUT2D eigenvalue weighted by atomic mass is 35.5. The number of methoxy groups -OCH3 is 1. The Morgan fingerprint density at radius 2 is 1.62 bits per heavy atom. The number of halogens is 1. The Bertz CT molecular complexity index is 823. The van der Waals surface area contributed by atoms with E-state index in [9.17, 15) is 4.79 Å². The van der Waals surface area contributed by atoms with Crippen molar-refractivity contribution in [2.24, 2.45) is 0 Å². The highest BCUT2D eigenvalue weighted by Gasteiger charge is 2.42. The second-order valence-electron chi connectivity index (χ2n) is 8.66. The summed E-state index contributed by atoms with van der Waals surface area (Å²) in [6.45, 7) is 10.9. The zero-order chi connectivity index (χ0) is 21.7. The van der Waals surface area contributed by atoms with E-state index in [4.69, 9.17) is 20.8 Å². The van der Waals surface area contributed by atoms with Gasteiger partial charge in [-0.15, -0.1) is 0 Å². The zero-order valence-electron chi connectivity index (χ0n) is 18.1. The minimum atomic E-state index is -2.16. The van der Waals surface area contributed by atoms with Crippen molar-refractivity contribution in [1.82, 2.24) is 0 Å². The number of ether oxygens (including phenoxy) is 1. The van der Waals surface area contributed by atoms with Crippen LogP contribution < -0.4 is 0 Å². The van der Waals surface area contributed by atoms with Gasteiger partial charge < -0.3 is 9.16 Å². The first kappa shape index (κ1) is 23.4. The largest absolute Gasteiger partial charge is 0.468 e. The number of rotatable bonds is 7. The first-order valence-corrected chi connectivity index (χ1v) is 13.1. The molecule has 29 heavy (non-hydrogen) atoms. The van der Waals surface area contributed by atoms with E-state index >= 15 is 0 Å². The minimum absolute atomic E-state index is 0.00645. The summed E-state index contributed by atoms with van der Waals surface area (Å²) in [5.74, 6) is -0.903. The second-order valence-corrected chi connectivity index (χ2v) is 13.9. The van der Waals surface area contributed by atoms with Gasteiger partial charge in [0.25, 0.3) is 0 Å². The molecule has 0 heterocycles. The molecule has 0 N–H and O–H groups in total. The molecular weight excluding hydrogens is 400 g/mol. The molecule has 0 aromatic heterocycles. The van der Waals surface area contributed by atoms with Crippen molar-refractivity contribution in [2.45, 2.75) is 50.9 Å². The van der Waals surface area contributed by atoms with Gasteiger partial charge in [0, 0.05) is 5.02 Å². The number of esters is 1. The molecule has 2 aromatic carbocycles. The van der Waals surface area contributed by atoms with Crippen molar-refractivity contribution in [2.75, 3.05) is 7.11 Å². The summed E-state index contributed by atoms with van der Waals surface area (Å²) in [6.07, 6.45) is 3.53. The molecule has 0 saturated heterocycles. The van der Waals surface area contributed by atoms with Crippen molar-refractivity contribution in [3.8, 4) is 0 Å². The average Bonchev–Trinajstić information content (AvgIpc) is 2.67. The van der Waals surface area contributed by atoms with Gasteiger partial charge in [0.2, 0.25) is 0 Å². The predicted octanol–water partition coefficient (Wildman–Crippen LogP) is 6.70. The van der Waals surface area contributed by atoms with Crippen LogP contribution in [0.25, 0.3) is 6.08 Å². The Balaban J connectivity index is 2.50. The highest BCUT2D eigenvalue weighted by molar-refractivity contribution is 6.74. The summed E-state index contributed by atoms with van der Waals surface area (Å²) in [5.41, 5.74) is 1.87. The highest BCUT2D eigenvalue weighted by Crippen LogP contribution is 2.40. The van der Waals surface area contributed by atoms with Crippen molar-refractivity contribution in [1.29, 1.82) is 0 Å². The van der Waals surface area contributed by atoms with Crippen molar-refractivity contribution >= 4 is 32.0 Å². The molecule has 0 saturated carbocycles. The van der Waals surface area contributed by atoms with E-state index in [0.29, 0.717) is 5.02 Å². The fraction of sp³-hybridized carbons (Fsp3) is 0.375. The minimum Gasteiger partial charge on any atom is -0.468 e. The third kappa shape index (κ3) is 6.30. The summed E-state index contributed by atoms with van der Waals surface area (Å²) >= 11 is 6.06. The Kier molecular flexibility index (Phi) is 7.86. The first-order chi connectivity index (χ1) is 13.5. The van der Waals surface area contributed by atoms with E-state index < -0.39 is 20.3 Å². The van der Waals surface area contributed by atoms with Crippen LogP contribution in [-0.2, 0) is 14.0 Å². The standard InChI is InChI=1S/C24H31ClO3Si/c1-24(2,3)29(5,6)28-21(17-12-18-10-8-7-9-11-18)22(23(26)27-4)19-13-15-20(25)16-14-19/h7-17,21-22H,1-6H3/b17-12+/t21-,22+/m1/s1. The number of benzene rings is 2. The first-order valence-electron chi connectivity index (χ1n) is 9.79. The molecule has 0 aliphatic rings. The maximum Gasteiger partial charge on any atom is 0.316 e. The molecule has 2 aromatic rings. The molecular formula is C24H31ClO3Si. The average molecular weight is 431 g/mol. The summed E-state index contributed by atoms with van der Waals surface area (Å²) in [7, 11) is -0.744. The van der Waals surface area contributed by atoms with Crippen LogP contribution in [-0.4, -0.2) is 27.5 Å². The van der Waals surface area contributed by atoms with Crippen molar-refractivity contribution in [3.63, 3.8) is 0 Å². The van der Waals surface area contributed by atoms with Gasteiger partial charge in [-0.1, -0.05) is 87.0 Å². The lowest BCUT2D eigenvalue weighted by atomic mass is 9.92. The molecule has 3 nitrogen and oxygen atoms in total. The fourth-order valence-electron chi connectivity index (χ4n) is 2.76. The Hall–Kier alpha value is -1.88. The van der Waals surface area contributed by atoms with Gasteiger partial charge in [-0.3, -0.25) is 4.79 Å². The van der Waals surface area contributed by atoms with Crippen LogP contribution in [0.5, 0.6) is 0 Å². The van der Waals surface area contributed by atoms with E-state index in [1.807, 2.05) is 54.6 Å². The molecule has 2 rings (SSSR count). The number of hydrogen-bond acceptors (Lipinski definition) is 3. The SMILES string of the molecule is COC(=O)[C@@H](c1ccc(Cl)cc1)[C@@H](/C=C/c1ccccc1)O[Si](C)(C)C(C)(C)C. The molecule has 156 valence electrons. The van der Waals surface area contributed by atoms with Gasteiger partial charge in [-0.05, 0) is 41.4 Å². The van der Waals surface area contributed by atoms with Crippen LogP contribution in [0.1, 0.15) is 37.8 Å². The molecule has 2 atom stereocenters. The zero-order valence-corrected chi connectivity index (χ0v) is 19.9. The topological polar surface area (TPSA) is 35.5 Å². The van der Waals surface area contributed by atoms with Crippen LogP contribution in [0, 0.1) is 0 Å². The van der Waals surface area contributed by atoms with Gasteiger partial charge in [0.05, 0.1) is 13.2 Å². The van der Waals surface area contributed by atoms with Crippen LogP contribution in [0.2, 0.25) is 23.2 Å². The quantitative estimate of drug-likeness (QED) is 0.362. The predicted molar refractivity (Wildman–Crippen MR) is 124 cm³/mol. The van der Waals surface area contributed by atoms with E-state index in [1.54, 1.807) is 12.1 Å². The monoisotopic (exact) mass is 430 g/mol. The summed E-state index contributed by atoms with van der Waals surface area (Å²) < 4.78 is 11.9. The number of carbonyl (C=O) groups excluding carboxylic acids is 1. The van der Waals surface area contributed by atoms with E-state index in [2.05, 4.69) is 33.9 Å². The molecule has 0 amide bonds. The van der Waals surface area contributed by atoms with Crippen LogP contribution in [0.4, 0.5) is 0 Å². The van der Waals surface area contributed by atoms with E-state index in [0.717, 1.165) is 11.1 Å². The second kappa shape index (κ2) is 9.75. The van der Waals surface area contributed by atoms with Gasteiger partial charge in [-0.2, -0.15) is 0 Å². The smallest absolute Gasteiger partial charge is 0.316 e. The van der Waals surface area contributed by atoms with E-state index in [1.165, 1.54) is 7.11 Å². The maximum atomic E-state index is 12.8. The fourth-order valence-corrected chi connectivity index (χ4v) is 4.14. The molecule has 0 bridgehead atoms. The third-order valence-electron chi connectivity index (χ3n) is 5.53. The molecule has 0 spiro atoms. The lowest BCUT2D eigenvalue weighted by Crippen LogP contribution is -2.46. The lowest BCUT2D eigenvalue weighted by Gasteiger charge is -2.40.